The van der Waals surface area contributed by atoms with E-state index < -0.39 is 0 Å². The number of terminal acetylenes is 2. The highest BCUT2D eigenvalue weighted by Gasteiger charge is 2.39. The van der Waals surface area contributed by atoms with E-state index >= 15 is 0 Å². The summed E-state index contributed by atoms with van der Waals surface area (Å²) in [6.07, 6.45) is 10.8. The number of benzene rings is 4. The van der Waals surface area contributed by atoms with Crippen LogP contribution in [0.2, 0.25) is 0 Å². The van der Waals surface area contributed by atoms with Crippen LogP contribution in [0.15, 0.2) is 97.1 Å². The van der Waals surface area contributed by atoms with Gasteiger partial charge < -0.3 is 19.4 Å². The van der Waals surface area contributed by atoms with E-state index in [-0.39, 0.29) is 25.0 Å². The Bertz CT molecular complexity index is 1780. The van der Waals surface area contributed by atoms with E-state index in [0.717, 1.165) is 22.5 Å². The van der Waals surface area contributed by atoms with Gasteiger partial charge in [-0.3, -0.25) is 0 Å². The molecule has 2 aromatic heterocycles. The molecule has 0 radical (unpaired) electrons. The molecule has 0 bridgehead atoms. The van der Waals surface area contributed by atoms with Crippen molar-refractivity contribution < 1.29 is 9.47 Å². The van der Waals surface area contributed by atoms with Crippen LogP contribution in [-0.2, 0) is 0 Å². The van der Waals surface area contributed by atoms with Gasteiger partial charge in [0.15, 0.2) is 0 Å². The molecule has 4 heteroatoms. The van der Waals surface area contributed by atoms with E-state index in [1.807, 2.05) is 24.3 Å². The van der Waals surface area contributed by atoms with Gasteiger partial charge in [0, 0.05) is 33.2 Å². The van der Waals surface area contributed by atoms with E-state index in [1.54, 1.807) is 0 Å². The number of hydrogen-bond acceptors (Lipinski definition) is 2. The van der Waals surface area contributed by atoms with E-state index in [0.29, 0.717) is 0 Å². The molecule has 6 aromatic rings. The molecule has 7 rings (SSSR count). The Kier molecular flexibility index (Phi) is 5.81. The molecule has 1 aliphatic rings. The fraction of sp³-hybridized carbons (Fsp3) is 0.111. The normalized spacial score (nSPS) is 15.7. The minimum absolute atomic E-state index is 0.00437. The van der Waals surface area contributed by atoms with Crippen LogP contribution in [0.4, 0.5) is 0 Å². The van der Waals surface area contributed by atoms with Crippen molar-refractivity contribution in [1.29, 1.82) is 0 Å². The maximum atomic E-state index is 5.68. The summed E-state index contributed by atoms with van der Waals surface area (Å²) in [6, 6.07) is 33.7. The third kappa shape index (κ3) is 3.82. The number of H-pyrrole nitrogens is 2. The van der Waals surface area contributed by atoms with E-state index in [9.17, 15) is 0 Å². The predicted octanol–water partition coefficient (Wildman–Crippen LogP) is 7.35. The van der Waals surface area contributed by atoms with Gasteiger partial charge in [-0.2, -0.15) is 0 Å². The van der Waals surface area contributed by atoms with Crippen molar-refractivity contribution in [1.82, 2.24) is 9.97 Å². The molecule has 0 spiro atoms. The van der Waals surface area contributed by atoms with Crippen molar-refractivity contribution in [3.63, 3.8) is 0 Å². The predicted molar refractivity (Wildman–Crippen MR) is 160 cm³/mol. The van der Waals surface area contributed by atoms with Gasteiger partial charge in [0.25, 0.3) is 0 Å². The molecule has 2 N–H and O–H groups in total. The van der Waals surface area contributed by atoms with Crippen LogP contribution in [0.5, 0.6) is 11.5 Å². The summed E-state index contributed by atoms with van der Waals surface area (Å²) in [5, 5.41) is 2.44. The van der Waals surface area contributed by atoms with Crippen molar-refractivity contribution in [2.75, 3.05) is 13.2 Å². The second-order valence-electron chi connectivity index (χ2n) is 9.99. The van der Waals surface area contributed by atoms with Crippen molar-refractivity contribution in [3.05, 3.63) is 131 Å². The smallest absolute Gasteiger partial charge is 0.148 e. The largest absolute Gasteiger partial charge is 0.481 e. The molecule has 2 heterocycles. The molecule has 40 heavy (non-hydrogen) atoms. The molecule has 0 amide bonds. The van der Waals surface area contributed by atoms with Crippen LogP contribution in [0.25, 0.3) is 21.8 Å². The number of para-hydroxylation sites is 2. The molecule has 192 valence electrons. The number of rotatable bonds is 6. The lowest BCUT2D eigenvalue weighted by atomic mass is 9.72. The molecule has 4 aromatic carbocycles. The van der Waals surface area contributed by atoms with Crippen LogP contribution in [0.1, 0.15) is 45.5 Å². The summed E-state index contributed by atoms with van der Waals surface area (Å²) in [5.74, 6) is 6.61. The second-order valence-corrected chi connectivity index (χ2v) is 9.99. The summed E-state index contributed by atoms with van der Waals surface area (Å²) in [7, 11) is 0. The molecular formula is C36H26N2O2. The first kappa shape index (κ1) is 23.8. The van der Waals surface area contributed by atoms with Gasteiger partial charge in [-0.1, -0.05) is 72.5 Å². The van der Waals surface area contributed by atoms with Crippen LogP contribution in [-0.4, -0.2) is 23.2 Å². The number of aromatic amines is 2. The Labute approximate surface area is 233 Å². The van der Waals surface area contributed by atoms with Gasteiger partial charge >= 0.3 is 0 Å². The Morgan fingerprint density at radius 2 is 0.950 bits per heavy atom. The lowest BCUT2D eigenvalue weighted by Crippen LogP contribution is -2.19. The topological polar surface area (TPSA) is 50.0 Å². The van der Waals surface area contributed by atoms with Crippen LogP contribution >= 0.6 is 0 Å². The minimum atomic E-state index is 0.00437. The zero-order valence-corrected chi connectivity index (χ0v) is 21.8. The molecule has 0 saturated carbocycles. The summed E-state index contributed by atoms with van der Waals surface area (Å²) in [6.45, 7) is 0.492. The lowest BCUT2D eigenvalue weighted by molar-refractivity contribution is 0.370. The summed E-state index contributed by atoms with van der Waals surface area (Å²) in [4.78, 5) is 7.66. The highest BCUT2D eigenvalue weighted by atomic mass is 16.5. The Hall–Kier alpha value is -5.32. The van der Waals surface area contributed by atoms with Gasteiger partial charge in [0.05, 0.1) is 11.8 Å². The quantitative estimate of drug-likeness (QED) is 0.226. The number of aromatic nitrogens is 2. The lowest BCUT2D eigenvalue weighted by Gasteiger charge is -2.31. The first-order valence-electron chi connectivity index (χ1n) is 13.3. The second kappa shape index (κ2) is 9.77. The molecule has 4 nitrogen and oxygen atoms in total. The van der Waals surface area contributed by atoms with E-state index in [1.165, 1.54) is 44.4 Å². The fourth-order valence-electron chi connectivity index (χ4n) is 6.16. The molecular weight excluding hydrogens is 492 g/mol. The van der Waals surface area contributed by atoms with Gasteiger partial charge in [-0.15, -0.1) is 12.8 Å². The average Bonchev–Trinajstić information content (AvgIpc) is 3.57. The first-order chi connectivity index (χ1) is 19.8. The number of nitrogens with one attached hydrogen (secondary N) is 2. The Balaban J connectivity index is 1.47. The molecule has 0 aliphatic heterocycles. The van der Waals surface area contributed by atoms with Crippen LogP contribution in [0, 0.1) is 24.7 Å². The van der Waals surface area contributed by atoms with Crippen LogP contribution in [0.3, 0.4) is 0 Å². The third-order valence-electron chi connectivity index (χ3n) is 7.78. The first-order valence-corrected chi connectivity index (χ1v) is 13.3. The third-order valence-corrected chi connectivity index (χ3v) is 7.78. The van der Waals surface area contributed by atoms with Gasteiger partial charge in [0.2, 0.25) is 0 Å². The number of ether oxygens (including phenoxy) is 2. The maximum Gasteiger partial charge on any atom is 0.148 e. The molecule has 2 atom stereocenters. The highest BCUT2D eigenvalue weighted by Crippen LogP contribution is 2.53. The Morgan fingerprint density at radius 1 is 0.550 bits per heavy atom. The van der Waals surface area contributed by atoms with E-state index in [4.69, 9.17) is 22.3 Å². The summed E-state index contributed by atoms with van der Waals surface area (Å²) < 4.78 is 11.4. The van der Waals surface area contributed by atoms with Gasteiger partial charge in [-0.05, 0) is 58.7 Å². The molecule has 1 aliphatic carbocycles. The molecule has 0 fully saturated rings. The van der Waals surface area contributed by atoms with Crippen molar-refractivity contribution >= 4 is 21.8 Å². The molecule has 2 unspecified atom stereocenters. The standard InChI is InChI=1S/C36H26N2O2/c1-3-21-39-25-17-13-23(14-18-25)31-33-27-9-5-7-11-29(27)38-36(33)32(24-15-19-26(20-16-24)40-22-4-2)34-28-10-6-8-12-30(28)37-35(31)34/h1-2,5-20,31-32,37-38H,21-22H2. The summed E-state index contributed by atoms with van der Waals surface area (Å²) >= 11 is 0. The van der Waals surface area contributed by atoms with Crippen molar-refractivity contribution in [2.45, 2.75) is 11.8 Å². The van der Waals surface area contributed by atoms with Crippen molar-refractivity contribution in [3.8, 4) is 36.2 Å². The zero-order chi connectivity index (χ0) is 27.1. The van der Waals surface area contributed by atoms with E-state index in [2.05, 4.69) is 94.6 Å². The average molecular weight is 519 g/mol. The fourth-order valence-corrected chi connectivity index (χ4v) is 6.16. The number of fused-ring (bicyclic) bond motifs is 6. The highest BCUT2D eigenvalue weighted by molar-refractivity contribution is 5.93. The monoisotopic (exact) mass is 518 g/mol. The Morgan fingerprint density at radius 3 is 1.35 bits per heavy atom. The van der Waals surface area contributed by atoms with Crippen LogP contribution < -0.4 is 9.47 Å². The SMILES string of the molecule is C#CCOc1ccc(C2c3[nH]c4ccccc4c3C(c3ccc(OCC#C)cc3)c3[nH]c4ccccc4c32)cc1. The zero-order valence-electron chi connectivity index (χ0n) is 21.8. The van der Waals surface area contributed by atoms with Crippen molar-refractivity contribution in [2.24, 2.45) is 0 Å². The summed E-state index contributed by atoms with van der Waals surface area (Å²) in [5.41, 5.74) is 9.59. The number of hydrogen-bond donors (Lipinski definition) is 2. The van der Waals surface area contributed by atoms with Gasteiger partial charge in [-0.25, -0.2) is 0 Å². The maximum absolute atomic E-state index is 5.68. The molecule has 0 saturated heterocycles. The minimum Gasteiger partial charge on any atom is -0.481 e. The van der Waals surface area contributed by atoms with Gasteiger partial charge in [0.1, 0.15) is 24.7 Å².